The van der Waals surface area contributed by atoms with Gasteiger partial charge in [0, 0.05) is 24.0 Å². The number of nitrogens with one attached hydrogen (secondary N) is 3. The van der Waals surface area contributed by atoms with Gasteiger partial charge in [0.05, 0.1) is 0 Å². The van der Waals surface area contributed by atoms with Crippen LogP contribution in [0.2, 0.25) is 0 Å². The first-order valence-electron chi connectivity index (χ1n) is 9.49. The minimum Gasteiger partial charge on any atom is -0.370 e. The summed E-state index contributed by atoms with van der Waals surface area (Å²) in [6, 6.07) is 22.0. The third kappa shape index (κ3) is 5.02. The summed E-state index contributed by atoms with van der Waals surface area (Å²) in [5.74, 6) is -0.347. The van der Waals surface area contributed by atoms with Crippen LogP contribution >= 0.6 is 0 Å². The first-order valence-corrected chi connectivity index (χ1v) is 9.49. The second-order valence-electron chi connectivity index (χ2n) is 6.96. The Morgan fingerprint density at radius 2 is 1.62 bits per heavy atom. The fourth-order valence-corrected chi connectivity index (χ4v) is 3.08. The van der Waals surface area contributed by atoms with Crippen LogP contribution in [0.3, 0.4) is 0 Å². The Labute approximate surface area is 171 Å². The van der Waals surface area contributed by atoms with E-state index >= 15 is 0 Å². The topological polar surface area (TPSA) is 70.2 Å². The quantitative estimate of drug-likeness (QED) is 0.585. The molecule has 0 aliphatic rings. The summed E-state index contributed by atoms with van der Waals surface area (Å²) in [5.41, 5.74) is 4.92. The summed E-state index contributed by atoms with van der Waals surface area (Å²) in [4.78, 5) is 25.2. The Morgan fingerprint density at radius 1 is 0.862 bits per heavy atom. The van der Waals surface area contributed by atoms with Gasteiger partial charge in [-0.25, -0.2) is 0 Å². The minimum absolute atomic E-state index is 0.171. The van der Waals surface area contributed by atoms with Crippen LogP contribution in [0.5, 0.6) is 0 Å². The molecule has 148 valence electrons. The van der Waals surface area contributed by atoms with Crippen LogP contribution in [0.4, 0.5) is 11.4 Å². The van der Waals surface area contributed by atoms with Gasteiger partial charge in [-0.05, 0) is 54.8 Å². The van der Waals surface area contributed by atoms with E-state index in [1.807, 2.05) is 68.4 Å². The summed E-state index contributed by atoms with van der Waals surface area (Å²) in [5, 5.41) is 8.93. The zero-order chi connectivity index (χ0) is 20.8. The minimum atomic E-state index is -0.615. The van der Waals surface area contributed by atoms with Crippen LogP contribution in [0.1, 0.15) is 33.1 Å². The molecule has 5 nitrogen and oxygen atoms in total. The molecule has 1 atom stereocenters. The van der Waals surface area contributed by atoms with Gasteiger partial charge in [0.2, 0.25) is 0 Å². The summed E-state index contributed by atoms with van der Waals surface area (Å²) in [7, 11) is 1.59. The molecule has 0 radical (unpaired) electrons. The van der Waals surface area contributed by atoms with E-state index in [9.17, 15) is 9.59 Å². The fraction of sp³-hybridized carbons (Fsp3) is 0.167. The first kappa shape index (κ1) is 20.1. The highest BCUT2D eigenvalue weighted by molar-refractivity contribution is 5.98. The average molecular weight is 387 g/mol. The van der Waals surface area contributed by atoms with Gasteiger partial charge in [-0.3, -0.25) is 9.59 Å². The molecule has 0 fully saturated rings. The van der Waals surface area contributed by atoms with Gasteiger partial charge in [0.15, 0.2) is 0 Å². The summed E-state index contributed by atoms with van der Waals surface area (Å²) < 4.78 is 0. The Bertz CT molecular complexity index is 1020. The standard InChI is InChI=1S/C24H25N3O2/c1-16-12-13-17(2)21(14-16)27-24(29)22(18-8-5-4-6-9-18)26-20-11-7-10-19(15-20)23(28)25-3/h4-15,22,26H,1-3H3,(H,25,28)(H,27,29)/t22-/m0/s1. The molecular formula is C24H25N3O2. The number of carbonyl (C=O) groups excluding carboxylic acids is 2. The number of rotatable bonds is 6. The molecule has 3 aromatic carbocycles. The van der Waals surface area contributed by atoms with Gasteiger partial charge >= 0.3 is 0 Å². The van der Waals surface area contributed by atoms with Crippen LogP contribution in [0.15, 0.2) is 72.8 Å². The van der Waals surface area contributed by atoms with Gasteiger partial charge in [0.25, 0.3) is 11.8 Å². The Morgan fingerprint density at radius 3 is 2.34 bits per heavy atom. The first-order chi connectivity index (χ1) is 14.0. The molecule has 0 aliphatic heterocycles. The summed E-state index contributed by atoms with van der Waals surface area (Å²) in [6.07, 6.45) is 0. The van der Waals surface area contributed by atoms with E-state index in [0.717, 1.165) is 22.4 Å². The number of aryl methyl sites for hydroxylation is 2. The maximum Gasteiger partial charge on any atom is 0.251 e. The van der Waals surface area contributed by atoms with Crippen LogP contribution in [-0.4, -0.2) is 18.9 Å². The molecule has 0 saturated heterocycles. The smallest absolute Gasteiger partial charge is 0.251 e. The molecular weight excluding hydrogens is 362 g/mol. The molecule has 3 N–H and O–H groups in total. The Hall–Kier alpha value is -3.60. The lowest BCUT2D eigenvalue weighted by Gasteiger charge is -2.21. The fourth-order valence-electron chi connectivity index (χ4n) is 3.08. The van der Waals surface area contributed by atoms with Crippen molar-refractivity contribution >= 4 is 23.2 Å². The van der Waals surface area contributed by atoms with Crippen molar-refractivity contribution in [3.05, 3.63) is 95.1 Å². The lowest BCUT2D eigenvalue weighted by atomic mass is 10.0. The number of amides is 2. The van der Waals surface area contributed by atoms with Crippen molar-refractivity contribution in [1.29, 1.82) is 0 Å². The number of hydrogen-bond donors (Lipinski definition) is 3. The maximum absolute atomic E-state index is 13.2. The van der Waals surface area contributed by atoms with Gasteiger partial charge in [-0.1, -0.05) is 48.5 Å². The van der Waals surface area contributed by atoms with Crippen molar-refractivity contribution < 1.29 is 9.59 Å². The van der Waals surface area contributed by atoms with Crippen LogP contribution < -0.4 is 16.0 Å². The molecule has 0 aromatic heterocycles. The van der Waals surface area contributed by atoms with E-state index in [0.29, 0.717) is 11.3 Å². The maximum atomic E-state index is 13.2. The van der Waals surface area contributed by atoms with E-state index in [-0.39, 0.29) is 11.8 Å². The van der Waals surface area contributed by atoms with Gasteiger partial charge < -0.3 is 16.0 Å². The largest absolute Gasteiger partial charge is 0.370 e. The van der Waals surface area contributed by atoms with Crippen molar-refractivity contribution in [2.45, 2.75) is 19.9 Å². The predicted molar refractivity (Wildman–Crippen MR) is 117 cm³/mol. The van der Waals surface area contributed by atoms with E-state index < -0.39 is 6.04 Å². The third-order valence-electron chi connectivity index (χ3n) is 4.71. The van der Waals surface area contributed by atoms with Crippen LogP contribution in [-0.2, 0) is 4.79 Å². The number of carbonyl (C=O) groups is 2. The highest BCUT2D eigenvalue weighted by atomic mass is 16.2. The van der Waals surface area contributed by atoms with Crippen molar-refractivity contribution in [3.63, 3.8) is 0 Å². The molecule has 0 saturated carbocycles. The van der Waals surface area contributed by atoms with Crippen molar-refractivity contribution in [1.82, 2.24) is 5.32 Å². The molecule has 3 rings (SSSR count). The zero-order valence-electron chi connectivity index (χ0n) is 16.8. The highest BCUT2D eigenvalue weighted by Crippen LogP contribution is 2.24. The SMILES string of the molecule is CNC(=O)c1cccc(N[C@H](C(=O)Nc2cc(C)ccc2C)c2ccccc2)c1. The monoisotopic (exact) mass is 387 g/mol. The van der Waals surface area contributed by atoms with Gasteiger partial charge in [-0.15, -0.1) is 0 Å². The van der Waals surface area contributed by atoms with Gasteiger partial charge in [0.1, 0.15) is 6.04 Å². The number of anilines is 2. The lowest BCUT2D eigenvalue weighted by Crippen LogP contribution is -2.27. The molecule has 0 aliphatic carbocycles. The molecule has 0 unspecified atom stereocenters. The predicted octanol–water partition coefficient (Wildman–Crippen LogP) is 4.45. The lowest BCUT2D eigenvalue weighted by molar-refractivity contribution is -0.117. The summed E-state index contributed by atoms with van der Waals surface area (Å²) in [6.45, 7) is 3.96. The normalized spacial score (nSPS) is 11.4. The van der Waals surface area contributed by atoms with Gasteiger partial charge in [-0.2, -0.15) is 0 Å². The molecule has 0 bridgehead atoms. The van der Waals surface area contributed by atoms with E-state index in [2.05, 4.69) is 16.0 Å². The number of benzene rings is 3. The zero-order valence-corrected chi connectivity index (χ0v) is 16.8. The second-order valence-corrected chi connectivity index (χ2v) is 6.96. The second kappa shape index (κ2) is 9.06. The third-order valence-corrected chi connectivity index (χ3v) is 4.71. The highest BCUT2D eigenvalue weighted by Gasteiger charge is 2.21. The van der Waals surface area contributed by atoms with Crippen LogP contribution in [0.25, 0.3) is 0 Å². The Kier molecular flexibility index (Phi) is 6.29. The van der Waals surface area contributed by atoms with Crippen molar-refractivity contribution in [2.24, 2.45) is 0 Å². The van der Waals surface area contributed by atoms with Crippen molar-refractivity contribution in [3.8, 4) is 0 Å². The average Bonchev–Trinajstić information content (AvgIpc) is 2.74. The van der Waals surface area contributed by atoms with E-state index in [4.69, 9.17) is 0 Å². The molecule has 2 amide bonds. The molecule has 0 heterocycles. The van der Waals surface area contributed by atoms with Crippen LogP contribution in [0, 0.1) is 13.8 Å². The van der Waals surface area contributed by atoms with Crippen molar-refractivity contribution in [2.75, 3.05) is 17.7 Å². The van der Waals surface area contributed by atoms with E-state index in [1.165, 1.54) is 0 Å². The van der Waals surface area contributed by atoms with E-state index in [1.54, 1.807) is 25.2 Å². The summed E-state index contributed by atoms with van der Waals surface area (Å²) >= 11 is 0. The molecule has 0 spiro atoms. The molecule has 3 aromatic rings. The molecule has 29 heavy (non-hydrogen) atoms. The Balaban J connectivity index is 1.90. The molecule has 5 heteroatoms. The number of hydrogen-bond acceptors (Lipinski definition) is 3.